The molecule has 2 unspecified atom stereocenters. The summed E-state index contributed by atoms with van der Waals surface area (Å²) in [5.41, 5.74) is 1.43. The number of benzene rings is 2. The molecule has 2 aliphatic heterocycles. The van der Waals surface area contributed by atoms with Crippen molar-refractivity contribution in [3.8, 4) is 0 Å². The molecule has 2 heterocycles. The van der Waals surface area contributed by atoms with E-state index in [-0.39, 0.29) is 5.70 Å². The lowest BCUT2D eigenvalue weighted by Gasteiger charge is -2.49. The first kappa shape index (κ1) is 20.7. The molecule has 2 aromatic carbocycles. The number of thioether (sulfide) groups is 1. The van der Waals surface area contributed by atoms with Crippen LogP contribution in [0.25, 0.3) is 5.57 Å². The Morgan fingerprint density at radius 3 is 2.19 bits per heavy atom. The molecule has 3 atom stereocenters. The molecule has 2 aliphatic rings. The predicted octanol–water partition coefficient (Wildman–Crippen LogP) is 1.75. The van der Waals surface area contributed by atoms with E-state index in [0.29, 0.717) is 22.5 Å². The minimum atomic E-state index is -1.47. The zero-order valence-corrected chi connectivity index (χ0v) is 16.9. The molecule has 8 nitrogen and oxygen atoms in total. The van der Waals surface area contributed by atoms with E-state index in [0.717, 1.165) is 0 Å². The van der Waals surface area contributed by atoms with Gasteiger partial charge in [-0.05, 0) is 11.1 Å². The van der Waals surface area contributed by atoms with Gasteiger partial charge in [-0.25, -0.2) is 4.79 Å². The van der Waals surface area contributed by atoms with Gasteiger partial charge < -0.3 is 15.5 Å². The predicted molar refractivity (Wildman–Crippen MR) is 113 cm³/mol. The van der Waals surface area contributed by atoms with Gasteiger partial charge in [-0.2, -0.15) is 0 Å². The number of carboxylic acids is 2. The van der Waals surface area contributed by atoms with Crippen LogP contribution in [-0.2, 0) is 19.2 Å². The number of β-lactam (4-membered cyclic amide) rings is 1. The smallest absolute Gasteiger partial charge is 0.352 e. The number of fused-ring (bicyclic) bond motifs is 1. The van der Waals surface area contributed by atoms with E-state index in [1.807, 2.05) is 6.07 Å². The molecule has 9 heteroatoms. The fraction of sp³-hybridized carbons (Fsp3) is 0.182. The molecule has 1 saturated heterocycles. The van der Waals surface area contributed by atoms with Gasteiger partial charge in [0.15, 0.2) is 5.92 Å². The summed E-state index contributed by atoms with van der Waals surface area (Å²) in [7, 11) is 0. The fourth-order valence-corrected chi connectivity index (χ4v) is 5.14. The molecule has 3 N–H and O–H groups in total. The quantitative estimate of drug-likeness (QED) is 0.464. The number of hydrogen-bond acceptors (Lipinski definition) is 5. The zero-order chi connectivity index (χ0) is 22.1. The summed E-state index contributed by atoms with van der Waals surface area (Å²) in [6.45, 7) is 0. The summed E-state index contributed by atoms with van der Waals surface area (Å²) in [4.78, 5) is 50.3. The van der Waals surface area contributed by atoms with Gasteiger partial charge in [0.1, 0.15) is 17.1 Å². The van der Waals surface area contributed by atoms with E-state index in [2.05, 4.69) is 5.32 Å². The van der Waals surface area contributed by atoms with E-state index in [1.54, 1.807) is 42.5 Å². The Labute approximate surface area is 181 Å². The third-order valence-corrected chi connectivity index (χ3v) is 6.51. The highest BCUT2D eigenvalue weighted by molar-refractivity contribution is 8.00. The largest absolute Gasteiger partial charge is 0.480 e. The SMILES string of the molecule is O=C(O)C1=C(c2ccccc2)CS[C@H]2C(NC(=O)C(C(=O)O)c3ccccc3)C(=O)N12. The van der Waals surface area contributed by atoms with Crippen molar-refractivity contribution in [2.45, 2.75) is 17.3 Å². The molecule has 0 radical (unpaired) electrons. The number of carbonyl (C=O) groups excluding carboxylic acids is 2. The second kappa shape index (κ2) is 8.27. The van der Waals surface area contributed by atoms with Gasteiger partial charge in [-0.1, -0.05) is 60.7 Å². The standard InChI is InChI=1S/C22H18N2O6S/c25-18(15(21(27)28)13-9-5-2-6-10-13)23-16-19(26)24-17(22(29)30)14(11-31-20(16)24)12-7-3-1-4-8-12/h1-10,15-16,20H,11H2,(H,23,25)(H,27,28)(H,29,30)/t15?,16?,20-/m0/s1. The van der Waals surface area contributed by atoms with E-state index < -0.39 is 41.1 Å². The molecular weight excluding hydrogens is 420 g/mol. The Kier molecular flexibility index (Phi) is 5.51. The van der Waals surface area contributed by atoms with Gasteiger partial charge in [-0.3, -0.25) is 19.3 Å². The number of amides is 2. The molecule has 1 fully saturated rings. The maximum Gasteiger partial charge on any atom is 0.352 e. The van der Waals surface area contributed by atoms with Crippen LogP contribution in [0.2, 0.25) is 0 Å². The Balaban J connectivity index is 1.58. The average Bonchev–Trinajstić information content (AvgIpc) is 2.77. The van der Waals surface area contributed by atoms with Crippen LogP contribution >= 0.6 is 11.8 Å². The Morgan fingerprint density at radius 2 is 1.61 bits per heavy atom. The van der Waals surface area contributed by atoms with Crippen molar-refractivity contribution >= 4 is 41.1 Å². The first-order chi connectivity index (χ1) is 14.9. The lowest BCUT2D eigenvalue weighted by atomic mass is 9.96. The van der Waals surface area contributed by atoms with Gasteiger partial charge >= 0.3 is 11.9 Å². The molecule has 0 spiro atoms. The number of rotatable bonds is 6. The van der Waals surface area contributed by atoms with E-state index in [9.17, 15) is 29.4 Å². The lowest BCUT2D eigenvalue weighted by molar-refractivity contribution is -0.152. The minimum Gasteiger partial charge on any atom is -0.480 e. The number of hydrogen-bond donors (Lipinski definition) is 3. The second-order valence-corrected chi connectivity index (χ2v) is 8.18. The Hall–Kier alpha value is -3.59. The third kappa shape index (κ3) is 3.68. The van der Waals surface area contributed by atoms with Crippen molar-refractivity contribution in [2.24, 2.45) is 0 Å². The Morgan fingerprint density at radius 1 is 1.00 bits per heavy atom. The monoisotopic (exact) mass is 438 g/mol. The number of nitrogens with one attached hydrogen (secondary N) is 1. The average molecular weight is 438 g/mol. The van der Waals surface area contributed by atoms with Crippen LogP contribution in [-0.4, -0.2) is 56.0 Å². The van der Waals surface area contributed by atoms with Gasteiger partial charge in [0, 0.05) is 11.3 Å². The summed E-state index contributed by atoms with van der Waals surface area (Å²) in [6, 6.07) is 16.0. The van der Waals surface area contributed by atoms with Crippen molar-refractivity contribution in [1.29, 1.82) is 0 Å². The van der Waals surface area contributed by atoms with Crippen molar-refractivity contribution in [3.63, 3.8) is 0 Å². The molecule has 0 aliphatic carbocycles. The number of carboxylic acid groups (broad SMARTS) is 2. The summed E-state index contributed by atoms with van der Waals surface area (Å²) in [5, 5.41) is 21.2. The second-order valence-electron chi connectivity index (χ2n) is 7.08. The molecule has 4 rings (SSSR count). The summed E-state index contributed by atoms with van der Waals surface area (Å²) in [5.74, 6) is -5.07. The van der Waals surface area contributed by atoms with E-state index in [1.165, 1.54) is 28.8 Å². The van der Waals surface area contributed by atoms with Crippen LogP contribution < -0.4 is 5.32 Å². The summed E-state index contributed by atoms with van der Waals surface area (Å²) < 4.78 is 0. The Bertz CT molecular complexity index is 1090. The van der Waals surface area contributed by atoms with Crippen molar-refractivity contribution in [3.05, 3.63) is 77.5 Å². The van der Waals surface area contributed by atoms with Crippen molar-refractivity contribution < 1.29 is 29.4 Å². The first-order valence-electron chi connectivity index (χ1n) is 9.45. The number of aliphatic carboxylic acids is 2. The normalized spacial score (nSPS) is 21.0. The van der Waals surface area contributed by atoms with Gasteiger partial charge in [0.25, 0.3) is 5.91 Å². The summed E-state index contributed by atoms with van der Waals surface area (Å²) >= 11 is 1.33. The van der Waals surface area contributed by atoms with Gasteiger partial charge in [0.2, 0.25) is 5.91 Å². The van der Waals surface area contributed by atoms with Crippen LogP contribution in [0.15, 0.2) is 66.4 Å². The van der Waals surface area contributed by atoms with Crippen LogP contribution in [0.5, 0.6) is 0 Å². The van der Waals surface area contributed by atoms with Crippen LogP contribution in [0.3, 0.4) is 0 Å². The van der Waals surface area contributed by atoms with Gasteiger partial charge in [0.05, 0.1) is 0 Å². The van der Waals surface area contributed by atoms with Crippen molar-refractivity contribution in [2.75, 3.05) is 5.75 Å². The lowest BCUT2D eigenvalue weighted by Crippen LogP contribution is -2.70. The van der Waals surface area contributed by atoms with Gasteiger partial charge in [-0.15, -0.1) is 11.8 Å². The fourth-order valence-electron chi connectivity index (χ4n) is 3.77. The molecule has 0 bridgehead atoms. The maximum absolute atomic E-state index is 12.8. The molecular formula is C22H18N2O6S. The van der Waals surface area contributed by atoms with Crippen LogP contribution in [0, 0.1) is 0 Å². The third-order valence-electron chi connectivity index (χ3n) is 5.23. The topological polar surface area (TPSA) is 124 Å². The van der Waals surface area contributed by atoms with Crippen molar-refractivity contribution in [1.82, 2.24) is 10.2 Å². The number of nitrogens with zero attached hydrogens (tertiary/aromatic N) is 1. The maximum atomic E-state index is 12.8. The van der Waals surface area contributed by atoms with Crippen LogP contribution in [0.1, 0.15) is 17.0 Å². The highest BCUT2D eigenvalue weighted by atomic mass is 32.2. The van der Waals surface area contributed by atoms with E-state index >= 15 is 0 Å². The molecule has 0 aromatic heterocycles. The molecule has 2 aromatic rings. The molecule has 31 heavy (non-hydrogen) atoms. The minimum absolute atomic E-state index is 0.108. The van der Waals surface area contributed by atoms with E-state index in [4.69, 9.17) is 0 Å². The highest BCUT2D eigenvalue weighted by Gasteiger charge is 2.54. The highest BCUT2D eigenvalue weighted by Crippen LogP contribution is 2.43. The molecule has 158 valence electrons. The zero-order valence-electron chi connectivity index (χ0n) is 16.1. The summed E-state index contributed by atoms with van der Waals surface area (Å²) in [6.07, 6.45) is 0. The van der Waals surface area contributed by atoms with Crippen LogP contribution in [0.4, 0.5) is 0 Å². The molecule has 2 amide bonds. The number of carbonyl (C=O) groups is 4. The molecule has 0 saturated carbocycles. The first-order valence-corrected chi connectivity index (χ1v) is 10.5.